The molecule has 0 heterocycles. The van der Waals surface area contributed by atoms with Crippen molar-refractivity contribution in [1.82, 2.24) is 0 Å². The maximum Gasteiger partial charge on any atom is 0.101 e. The molecule has 18 heavy (non-hydrogen) atoms. The molecule has 4 heteroatoms. The minimum atomic E-state index is 0.553. The van der Waals surface area contributed by atoms with Crippen molar-refractivity contribution in [2.24, 2.45) is 0 Å². The molecule has 2 rings (SSSR count). The Hall–Kier alpha value is -1.50. The van der Waals surface area contributed by atoms with E-state index < -0.39 is 0 Å². The lowest BCUT2D eigenvalue weighted by Gasteiger charge is -2.08. The molecule has 0 amide bonds. The highest BCUT2D eigenvalue weighted by atomic mass is 79.9. The van der Waals surface area contributed by atoms with Gasteiger partial charge in [-0.15, -0.1) is 0 Å². The van der Waals surface area contributed by atoms with Crippen LogP contribution in [0.5, 0.6) is 0 Å². The van der Waals surface area contributed by atoms with E-state index in [0.29, 0.717) is 17.1 Å². The highest BCUT2D eigenvalue weighted by Crippen LogP contribution is 2.21. The van der Waals surface area contributed by atoms with Crippen LogP contribution in [0.3, 0.4) is 0 Å². The minimum absolute atomic E-state index is 0.553. The second-order valence-electron chi connectivity index (χ2n) is 3.79. The van der Waals surface area contributed by atoms with Crippen LogP contribution in [0.15, 0.2) is 46.9 Å². The van der Waals surface area contributed by atoms with Gasteiger partial charge in [0.05, 0.1) is 11.3 Å². The van der Waals surface area contributed by atoms with Crippen LogP contribution in [0.2, 0.25) is 5.02 Å². The van der Waals surface area contributed by atoms with Crippen LogP contribution >= 0.6 is 27.5 Å². The summed E-state index contributed by atoms with van der Waals surface area (Å²) in [6.45, 7) is 0.662. The maximum absolute atomic E-state index is 9.03. The fraction of sp³-hybridized carbons (Fsp3) is 0.0714. The SMILES string of the molecule is N#Cc1cc(Cl)ccc1NCc1cccc(Br)c1. The summed E-state index contributed by atoms with van der Waals surface area (Å²) in [5.41, 5.74) is 2.49. The van der Waals surface area contributed by atoms with E-state index in [1.165, 1.54) is 0 Å². The Labute approximate surface area is 119 Å². The van der Waals surface area contributed by atoms with Crippen molar-refractivity contribution in [2.75, 3.05) is 5.32 Å². The number of nitrogens with one attached hydrogen (secondary N) is 1. The molecule has 0 aliphatic carbocycles. The lowest BCUT2D eigenvalue weighted by molar-refractivity contribution is 1.14. The van der Waals surface area contributed by atoms with Gasteiger partial charge in [-0.2, -0.15) is 5.26 Å². The number of nitriles is 1. The van der Waals surface area contributed by atoms with Crippen molar-refractivity contribution in [3.63, 3.8) is 0 Å². The van der Waals surface area contributed by atoms with E-state index in [1.807, 2.05) is 30.3 Å². The van der Waals surface area contributed by atoms with Gasteiger partial charge >= 0.3 is 0 Å². The average Bonchev–Trinajstić information content (AvgIpc) is 2.37. The summed E-state index contributed by atoms with van der Waals surface area (Å²) in [5.74, 6) is 0. The van der Waals surface area contributed by atoms with Crippen molar-refractivity contribution in [3.8, 4) is 6.07 Å². The highest BCUT2D eigenvalue weighted by molar-refractivity contribution is 9.10. The van der Waals surface area contributed by atoms with Gasteiger partial charge in [0.15, 0.2) is 0 Å². The van der Waals surface area contributed by atoms with Crippen molar-refractivity contribution >= 4 is 33.2 Å². The van der Waals surface area contributed by atoms with E-state index in [0.717, 1.165) is 15.7 Å². The zero-order chi connectivity index (χ0) is 13.0. The van der Waals surface area contributed by atoms with Gasteiger partial charge in [-0.3, -0.25) is 0 Å². The maximum atomic E-state index is 9.03. The third-order valence-corrected chi connectivity index (χ3v) is 3.20. The molecule has 0 atom stereocenters. The number of hydrogen-bond acceptors (Lipinski definition) is 2. The molecule has 0 aliphatic heterocycles. The Kier molecular flexibility index (Phi) is 4.24. The first-order chi connectivity index (χ1) is 8.69. The summed E-state index contributed by atoms with van der Waals surface area (Å²) in [7, 11) is 0. The second kappa shape index (κ2) is 5.90. The summed E-state index contributed by atoms with van der Waals surface area (Å²) in [4.78, 5) is 0. The molecule has 0 unspecified atom stereocenters. The van der Waals surface area contributed by atoms with E-state index in [9.17, 15) is 0 Å². The average molecular weight is 322 g/mol. The predicted octanol–water partition coefficient (Wildman–Crippen LogP) is 4.59. The molecule has 0 saturated carbocycles. The predicted molar refractivity (Wildman–Crippen MR) is 77.6 cm³/mol. The van der Waals surface area contributed by atoms with Crippen LogP contribution in [0.25, 0.3) is 0 Å². The van der Waals surface area contributed by atoms with E-state index in [2.05, 4.69) is 27.3 Å². The second-order valence-corrected chi connectivity index (χ2v) is 5.14. The number of halogens is 2. The van der Waals surface area contributed by atoms with E-state index in [4.69, 9.17) is 16.9 Å². The number of benzene rings is 2. The van der Waals surface area contributed by atoms with Crippen molar-refractivity contribution in [1.29, 1.82) is 5.26 Å². The van der Waals surface area contributed by atoms with Crippen LogP contribution in [-0.4, -0.2) is 0 Å². The largest absolute Gasteiger partial charge is 0.380 e. The molecule has 0 radical (unpaired) electrons. The Morgan fingerprint density at radius 3 is 2.78 bits per heavy atom. The first-order valence-corrected chi connectivity index (χ1v) is 6.54. The highest BCUT2D eigenvalue weighted by Gasteiger charge is 2.02. The lowest BCUT2D eigenvalue weighted by atomic mass is 10.1. The lowest BCUT2D eigenvalue weighted by Crippen LogP contribution is -2.01. The Morgan fingerprint density at radius 1 is 1.22 bits per heavy atom. The normalized spacial score (nSPS) is 9.83. The number of hydrogen-bond donors (Lipinski definition) is 1. The summed E-state index contributed by atoms with van der Waals surface area (Å²) in [6.07, 6.45) is 0. The summed E-state index contributed by atoms with van der Waals surface area (Å²) < 4.78 is 1.04. The Bertz CT molecular complexity index is 605. The van der Waals surface area contributed by atoms with Gasteiger partial charge in [-0.05, 0) is 35.9 Å². The van der Waals surface area contributed by atoms with E-state index >= 15 is 0 Å². The van der Waals surface area contributed by atoms with Gasteiger partial charge in [-0.25, -0.2) is 0 Å². The summed E-state index contributed by atoms with van der Waals surface area (Å²) in [6, 6.07) is 15.4. The Morgan fingerprint density at radius 2 is 2.06 bits per heavy atom. The van der Waals surface area contributed by atoms with Crippen molar-refractivity contribution < 1.29 is 0 Å². The molecular formula is C14H10BrClN2. The number of rotatable bonds is 3. The molecule has 2 aromatic carbocycles. The van der Waals surface area contributed by atoms with Crippen LogP contribution < -0.4 is 5.32 Å². The van der Waals surface area contributed by atoms with Crippen molar-refractivity contribution in [2.45, 2.75) is 6.54 Å². The summed E-state index contributed by atoms with van der Waals surface area (Å²) >= 11 is 9.28. The molecule has 0 bridgehead atoms. The summed E-state index contributed by atoms with van der Waals surface area (Å²) in [5, 5.41) is 12.8. The topological polar surface area (TPSA) is 35.8 Å². The monoisotopic (exact) mass is 320 g/mol. The standard InChI is InChI=1S/C14H10BrClN2/c15-12-3-1-2-10(6-12)9-18-14-5-4-13(16)7-11(14)8-17/h1-7,18H,9H2. The van der Waals surface area contributed by atoms with Crippen LogP contribution in [0.4, 0.5) is 5.69 Å². The molecule has 2 aromatic rings. The fourth-order valence-corrected chi connectivity index (χ4v) is 2.23. The van der Waals surface area contributed by atoms with Crippen LogP contribution in [0.1, 0.15) is 11.1 Å². The molecule has 1 N–H and O–H groups in total. The number of nitrogens with zero attached hydrogens (tertiary/aromatic N) is 1. The zero-order valence-corrected chi connectivity index (χ0v) is 11.8. The fourth-order valence-electron chi connectivity index (χ4n) is 1.61. The molecule has 90 valence electrons. The van der Waals surface area contributed by atoms with Crippen molar-refractivity contribution in [3.05, 3.63) is 63.1 Å². The first kappa shape index (κ1) is 12.9. The smallest absolute Gasteiger partial charge is 0.101 e. The van der Waals surface area contributed by atoms with Gasteiger partial charge < -0.3 is 5.32 Å². The van der Waals surface area contributed by atoms with Gasteiger partial charge in [0.25, 0.3) is 0 Å². The minimum Gasteiger partial charge on any atom is -0.380 e. The van der Waals surface area contributed by atoms with Gasteiger partial charge in [0, 0.05) is 16.0 Å². The molecule has 0 spiro atoms. The molecule has 0 saturated heterocycles. The van der Waals surface area contributed by atoms with E-state index in [-0.39, 0.29) is 0 Å². The third kappa shape index (κ3) is 3.25. The molecular weight excluding hydrogens is 312 g/mol. The van der Waals surface area contributed by atoms with Gasteiger partial charge in [0.2, 0.25) is 0 Å². The first-order valence-electron chi connectivity index (χ1n) is 5.37. The molecule has 2 nitrogen and oxygen atoms in total. The molecule has 0 fully saturated rings. The van der Waals surface area contributed by atoms with Crippen LogP contribution in [0, 0.1) is 11.3 Å². The molecule has 0 aromatic heterocycles. The number of anilines is 1. The Balaban J connectivity index is 2.14. The zero-order valence-electron chi connectivity index (χ0n) is 9.45. The third-order valence-electron chi connectivity index (χ3n) is 2.47. The quantitative estimate of drug-likeness (QED) is 0.897. The van der Waals surface area contributed by atoms with Crippen LogP contribution in [-0.2, 0) is 6.54 Å². The molecule has 0 aliphatic rings. The van der Waals surface area contributed by atoms with Gasteiger partial charge in [-0.1, -0.05) is 39.7 Å². The van der Waals surface area contributed by atoms with Gasteiger partial charge in [0.1, 0.15) is 6.07 Å². The van der Waals surface area contributed by atoms with E-state index in [1.54, 1.807) is 12.1 Å².